The van der Waals surface area contributed by atoms with Gasteiger partial charge >= 0.3 is 5.97 Å². The molecule has 0 aliphatic rings. The van der Waals surface area contributed by atoms with Crippen molar-refractivity contribution in [2.75, 3.05) is 0 Å². The van der Waals surface area contributed by atoms with Crippen LogP contribution < -0.4 is 0 Å². The first kappa shape index (κ1) is 18.9. The van der Waals surface area contributed by atoms with Crippen molar-refractivity contribution in [3.63, 3.8) is 0 Å². The van der Waals surface area contributed by atoms with Crippen LogP contribution in [0.3, 0.4) is 0 Å². The summed E-state index contributed by atoms with van der Waals surface area (Å²) >= 11 is 5.86. The van der Waals surface area contributed by atoms with E-state index in [1.165, 1.54) is 17.7 Å². The summed E-state index contributed by atoms with van der Waals surface area (Å²) in [5, 5.41) is 19.6. The number of pyridine rings is 1. The number of aromatic nitrogens is 1. The van der Waals surface area contributed by atoms with Crippen LogP contribution in [0.15, 0.2) is 54.6 Å². The fourth-order valence-corrected chi connectivity index (χ4v) is 2.88. The fraction of sp³-hybridized carbons (Fsp3) is 0.182. The Bertz CT molecular complexity index is 1010. The normalized spacial score (nSPS) is 11.4. The van der Waals surface area contributed by atoms with Gasteiger partial charge in [0, 0.05) is 11.1 Å². The molecule has 5 heteroatoms. The summed E-state index contributed by atoms with van der Waals surface area (Å²) < 4.78 is 0. The highest BCUT2D eigenvalue weighted by atomic mass is 35.5. The average Bonchev–Trinajstić information content (AvgIpc) is 2.63. The molecular weight excluding hydrogens is 362 g/mol. The summed E-state index contributed by atoms with van der Waals surface area (Å²) in [6.07, 6.45) is 0. The zero-order chi connectivity index (χ0) is 19.8. The molecule has 1 aromatic heterocycles. The molecule has 0 radical (unpaired) electrons. The topological polar surface area (TPSA) is 70.4 Å². The van der Waals surface area contributed by atoms with Crippen molar-refractivity contribution in [1.29, 1.82) is 0 Å². The van der Waals surface area contributed by atoms with E-state index in [1.54, 1.807) is 18.2 Å². The Hall–Kier alpha value is -2.85. The monoisotopic (exact) mass is 381 g/mol. The molecule has 0 aliphatic carbocycles. The van der Waals surface area contributed by atoms with Gasteiger partial charge in [-0.3, -0.25) is 0 Å². The number of phenolic OH excluding ortho intramolecular Hbond substituents is 1. The minimum absolute atomic E-state index is 0.0286. The zero-order valence-electron chi connectivity index (χ0n) is 15.3. The molecule has 138 valence electrons. The highest BCUT2D eigenvalue weighted by Gasteiger charge is 2.15. The van der Waals surface area contributed by atoms with E-state index >= 15 is 0 Å². The van der Waals surface area contributed by atoms with Crippen LogP contribution in [0.25, 0.3) is 22.5 Å². The van der Waals surface area contributed by atoms with Crippen molar-refractivity contribution < 1.29 is 15.0 Å². The Labute approximate surface area is 163 Å². The van der Waals surface area contributed by atoms with Gasteiger partial charge in [0.25, 0.3) is 0 Å². The van der Waals surface area contributed by atoms with Crippen LogP contribution in [0.2, 0.25) is 5.02 Å². The predicted octanol–water partition coefficient (Wildman–Crippen LogP) is 5.77. The van der Waals surface area contributed by atoms with Crippen LogP contribution in [0.5, 0.6) is 5.75 Å². The fourth-order valence-electron chi connectivity index (χ4n) is 2.76. The van der Waals surface area contributed by atoms with Crippen molar-refractivity contribution in [1.82, 2.24) is 4.98 Å². The van der Waals surface area contributed by atoms with Crippen molar-refractivity contribution in [2.24, 2.45) is 0 Å². The molecule has 2 N–H and O–H groups in total. The number of hydrogen-bond acceptors (Lipinski definition) is 3. The minimum atomic E-state index is -1.04. The lowest BCUT2D eigenvalue weighted by atomic mass is 9.86. The summed E-state index contributed by atoms with van der Waals surface area (Å²) in [4.78, 5) is 16.2. The maximum atomic E-state index is 11.6. The van der Waals surface area contributed by atoms with Gasteiger partial charge in [0.1, 0.15) is 5.75 Å². The number of carbonyl (C=O) groups is 1. The summed E-state index contributed by atoms with van der Waals surface area (Å²) in [6, 6.07) is 15.7. The van der Waals surface area contributed by atoms with Crippen LogP contribution in [0, 0.1) is 0 Å². The number of nitrogens with zero attached hydrogens (tertiary/aromatic N) is 1. The molecule has 3 aromatic rings. The summed E-state index contributed by atoms with van der Waals surface area (Å²) in [5.74, 6) is -1.11. The number of aromatic carboxylic acids is 1. The van der Waals surface area contributed by atoms with Gasteiger partial charge in [-0.15, -0.1) is 0 Å². The molecule has 2 aromatic carbocycles. The zero-order valence-corrected chi connectivity index (χ0v) is 16.1. The van der Waals surface area contributed by atoms with Gasteiger partial charge in [0.15, 0.2) is 0 Å². The second kappa shape index (κ2) is 7.05. The first-order valence-electron chi connectivity index (χ1n) is 8.50. The number of aromatic hydroxyl groups is 1. The summed E-state index contributed by atoms with van der Waals surface area (Å²) in [6.45, 7) is 6.41. The Balaban J connectivity index is 2.11. The van der Waals surface area contributed by atoms with E-state index in [0.29, 0.717) is 17.0 Å². The van der Waals surface area contributed by atoms with E-state index in [-0.39, 0.29) is 21.8 Å². The Kier molecular flexibility index (Phi) is 4.94. The van der Waals surface area contributed by atoms with Gasteiger partial charge in [0.2, 0.25) is 0 Å². The highest BCUT2D eigenvalue weighted by Crippen LogP contribution is 2.31. The van der Waals surface area contributed by atoms with E-state index in [0.717, 1.165) is 5.56 Å². The smallest absolute Gasteiger partial charge is 0.335 e. The first-order chi connectivity index (χ1) is 12.6. The van der Waals surface area contributed by atoms with Crippen molar-refractivity contribution in [3.8, 4) is 28.3 Å². The Morgan fingerprint density at radius 1 is 0.926 bits per heavy atom. The number of carboxylic acid groups (broad SMARTS) is 1. The van der Waals surface area contributed by atoms with Crippen molar-refractivity contribution in [3.05, 3.63) is 70.7 Å². The number of benzene rings is 2. The molecule has 0 unspecified atom stereocenters. The molecule has 0 aliphatic heterocycles. The lowest BCUT2D eigenvalue weighted by Gasteiger charge is -2.19. The van der Waals surface area contributed by atoms with Gasteiger partial charge in [0.05, 0.1) is 22.0 Å². The molecule has 0 saturated heterocycles. The number of carboxylic acids is 1. The van der Waals surface area contributed by atoms with E-state index in [4.69, 9.17) is 11.6 Å². The Morgan fingerprint density at radius 2 is 1.48 bits per heavy atom. The molecular formula is C22H20ClNO3. The third kappa shape index (κ3) is 4.12. The van der Waals surface area contributed by atoms with Gasteiger partial charge in [-0.05, 0) is 35.2 Å². The molecule has 0 saturated carbocycles. The maximum Gasteiger partial charge on any atom is 0.335 e. The molecule has 3 rings (SSSR count). The van der Waals surface area contributed by atoms with E-state index in [1.807, 2.05) is 24.3 Å². The van der Waals surface area contributed by atoms with E-state index in [2.05, 4.69) is 25.8 Å². The maximum absolute atomic E-state index is 11.6. The molecule has 0 spiro atoms. The van der Waals surface area contributed by atoms with Crippen LogP contribution >= 0.6 is 11.6 Å². The van der Waals surface area contributed by atoms with E-state index in [9.17, 15) is 15.0 Å². The van der Waals surface area contributed by atoms with Crippen LogP contribution in [-0.4, -0.2) is 21.2 Å². The van der Waals surface area contributed by atoms with Crippen molar-refractivity contribution in [2.45, 2.75) is 26.2 Å². The third-order valence-electron chi connectivity index (χ3n) is 4.36. The van der Waals surface area contributed by atoms with Crippen LogP contribution in [0.4, 0.5) is 0 Å². The van der Waals surface area contributed by atoms with Crippen LogP contribution in [0.1, 0.15) is 36.7 Å². The summed E-state index contributed by atoms with van der Waals surface area (Å²) in [7, 11) is 0. The lowest BCUT2D eigenvalue weighted by molar-refractivity contribution is 0.0697. The van der Waals surface area contributed by atoms with Gasteiger partial charge < -0.3 is 10.2 Å². The average molecular weight is 382 g/mol. The molecule has 4 nitrogen and oxygen atoms in total. The first-order valence-corrected chi connectivity index (χ1v) is 8.88. The standard InChI is InChI=1S/C22H20ClNO3/c1-22(2,3)16-7-4-13(5-8-16)18-10-15(21(26)27)11-19(24-18)14-6-9-17(23)20(25)12-14/h4-12,25H,1-3H3,(H,26,27). The van der Waals surface area contributed by atoms with Crippen LogP contribution in [-0.2, 0) is 5.41 Å². The highest BCUT2D eigenvalue weighted by molar-refractivity contribution is 6.32. The molecule has 27 heavy (non-hydrogen) atoms. The van der Waals surface area contributed by atoms with Crippen molar-refractivity contribution >= 4 is 17.6 Å². The largest absolute Gasteiger partial charge is 0.506 e. The van der Waals surface area contributed by atoms with Gasteiger partial charge in [-0.2, -0.15) is 0 Å². The SMILES string of the molecule is CC(C)(C)c1ccc(-c2cc(C(=O)O)cc(-c3ccc(Cl)c(O)c3)n2)cc1. The second-order valence-corrected chi connectivity index (χ2v) is 7.83. The lowest BCUT2D eigenvalue weighted by Crippen LogP contribution is -2.10. The number of hydrogen-bond donors (Lipinski definition) is 2. The van der Waals surface area contributed by atoms with Gasteiger partial charge in [-0.1, -0.05) is 62.7 Å². The minimum Gasteiger partial charge on any atom is -0.506 e. The number of halogens is 1. The van der Waals surface area contributed by atoms with E-state index < -0.39 is 5.97 Å². The molecule has 0 fully saturated rings. The Morgan fingerprint density at radius 3 is 2.00 bits per heavy atom. The third-order valence-corrected chi connectivity index (χ3v) is 4.68. The van der Waals surface area contributed by atoms with Gasteiger partial charge in [-0.25, -0.2) is 9.78 Å². The summed E-state index contributed by atoms with van der Waals surface area (Å²) in [5.41, 5.74) is 3.77. The predicted molar refractivity (Wildman–Crippen MR) is 107 cm³/mol. The second-order valence-electron chi connectivity index (χ2n) is 7.42. The quantitative estimate of drug-likeness (QED) is 0.604. The molecule has 0 atom stereocenters. The molecule has 0 amide bonds. The number of rotatable bonds is 3. The molecule has 0 bridgehead atoms. The molecule has 1 heterocycles. The number of phenols is 1.